The smallest absolute Gasteiger partial charge is 0.457 e. The molecular weight excluding hydrogens is 367 g/mol. The maximum atomic E-state index is 12.3. The van der Waals surface area contributed by atoms with Crippen molar-refractivity contribution in [2.45, 2.75) is 18.9 Å². The van der Waals surface area contributed by atoms with Crippen molar-refractivity contribution in [1.82, 2.24) is 4.72 Å². The number of amides is 1. The third-order valence-electron chi connectivity index (χ3n) is 2.78. The number of esters is 1. The number of nitrogens with zero attached hydrogens (tertiary/aromatic N) is 2. The Bertz CT molecular complexity index is 830. The Morgan fingerprint density at radius 1 is 1.28 bits per heavy atom. The largest absolute Gasteiger partial charge is 0.516 e. The van der Waals surface area contributed by atoms with Crippen molar-refractivity contribution in [3.8, 4) is 0 Å². The number of hydrogen-bond acceptors (Lipinski definition) is 5. The summed E-state index contributed by atoms with van der Waals surface area (Å²) in [7, 11) is -5.89. The van der Waals surface area contributed by atoms with Crippen LogP contribution in [-0.2, 0) is 26.0 Å². The first-order chi connectivity index (χ1) is 11.5. The van der Waals surface area contributed by atoms with Crippen LogP contribution < -0.4 is 4.72 Å². The number of carbonyl (C=O) groups is 2. The highest BCUT2D eigenvalue weighted by Gasteiger charge is 2.47. The Morgan fingerprint density at radius 3 is 2.40 bits per heavy atom. The lowest BCUT2D eigenvalue weighted by Gasteiger charge is -2.11. The summed E-state index contributed by atoms with van der Waals surface area (Å²) in [5.74, 6) is -2.54. The van der Waals surface area contributed by atoms with Crippen LogP contribution in [0.5, 0.6) is 0 Å². The van der Waals surface area contributed by atoms with Crippen molar-refractivity contribution in [2.24, 2.45) is 0 Å². The first kappa shape index (κ1) is 20.3. The van der Waals surface area contributed by atoms with Crippen LogP contribution in [0.3, 0.4) is 0 Å². The predicted octanol–water partition coefficient (Wildman–Crippen LogP) is 1.04. The maximum Gasteiger partial charge on any atom is 0.516 e. The van der Waals surface area contributed by atoms with Crippen LogP contribution in [0, 0.1) is 0 Å². The lowest BCUT2D eigenvalue weighted by Crippen LogP contribution is -2.40. The van der Waals surface area contributed by atoms with E-state index in [0.717, 1.165) is 10.8 Å². The second kappa shape index (κ2) is 7.90. The van der Waals surface area contributed by atoms with Crippen LogP contribution in [0.2, 0.25) is 0 Å². The minimum absolute atomic E-state index is 0.0240. The molecule has 0 radical (unpaired) electrons. The molecule has 1 aromatic rings. The van der Waals surface area contributed by atoms with Crippen molar-refractivity contribution in [1.29, 1.82) is 0 Å². The molecule has 0 aromatic heterocycles. The standard InChI is InChI=1S/C13H12F3N3O5S/c1-2-24-12(21)10(18-17)7-8-5-3-4-6-9(8)11(20)19-25(22,23)13(14,15)16/h3-6H,2,7H2,1H3,(H,19,20). The molecule has 0 atom stereocenters. The maximum absolute atomic E-state index is 12.3. The lowest BCUT2D eigenvalue weighted by molar-refractivity contribution is -0.140. The molecule has 1 rings (SSSR count). The zero-order chi connectivity index (χ0) is 19.3. The van der Waals surface area contributed by atoms with Gasteiger partial charge in [-0.1, -0.05) is 18.2 Å². The molecule has 0 fully saturated rings. The SMILES string of the molecule is CCOC(=O)C(Cc1ccccc1C(=O)NS(=O)(=O)C(F)(F)F)=[N+]=[N-]. The summed E-state index contributed by atoms with van der Waals surface area (Å²) in [5.41, 5.74) is 2.18. The Morgan fingerprint density at radius 2 is 1.88 bits per heavy atom. The second-order valence-electron chi connectivity index (χ2n) is 4.48. The fraction of sp³-hybridized carbons (Fsp3) is 0.308. The predicted molar refractivity (Wildman–Crippen MR) is 77.8 cm³/mol. The highest BCUT2D eigenvalue weighted by Crippen LogP contribution is 2.22. The van der Waals surface area contributed by atoms with E-state index in [9.17, 15) is 31.2 Å². The molecule has 0 heterocycles. The summed E-state index contributed by atoms with van der Waals surface area (Å²) >= 11 is 0. The number of rotatable bonds is 6. The number of benzene rings is 1. The van der Waals surface area contributed by atoms with Gasteiger partial charge in [-0.2, -0.15) is 26.4 Å². The van der Waals surface area contributed by atoms with Crippen molar-refractivity contribution in [3.63, 3.8) is 0 Å². The van der Waals surface area contributed by atoms with Gasteiger partial charge in [0, 0.05) is 5.56 Å². The molecule has 0 saturated heterocycles. The van der Waals surface area contributed by atoms with Crippen LogP contribution in [0.1, 0.15) is 22.8 Å². The molecule has 12 heteroatoms. The van der Waals surface area contributed by atoms with Gasteiger partial charge < -0.3 is 10.3 Å². The fourth-order valence-corrected chi connectivity index (χ4v) is 2.14. The van der Waals surface area contributed by atoms with Gasteiger partial charge in [0.15, 0.2) is 0 Å². The van der Waals surface area contributed by atoms with E-state index in [2.05, 4.69) is 9.53 Å². The minimum Gasteiger partial charge on any atom is -0.457 e. The topological polar surface area (TPSA) is 126 Å². The summed E-state index contributed by atoms with van der Waals surface area (Å²) in [4.78, 5) is 26.2. The van der Waals surface area contributed by atoms with E-state index in [-0.39, 0.29) is 12.2 Å². The molecule has 0 saturated carbocycles. The third-order valence-corrected chi connectivity index (χ3v) is 3.85. The Hall–Kier alpha value is -2.72. The molecule has 0 aliphatic carbocycles. The quantitative estimate of drug-likeness (QED) is 0.342. The molecule has 0 aliphatic heterocycles. The number of hydrogen-bond donors (Lipinski definition) is 1. The van der Waals surface area contributed by atoms with Crippen LogP contribution in [0.15, 0.2) is 24.3 Å². The highest BCUT2D eigenvalue weighted by molar-refractivity contribution is 7.90. The number of nitrogens with one attached hydrogen (secondary N) is 1. The van der Waals surface area contributed by atoms with E-state index in [1.54, 1.807) is 0 Å². The summed E-state index contributed by atoms with van der Waals surface area (Å²) in [6.45, 7) is 1.47. The molecule has 1 aromatic carbocycles. The molecule has 0 bridgehead atoms. The van der Waals surface area contributed by atoms with Crippen molar-refractivity contribution >= 4 is 27.6 Å². The summed E-state index contributed by atoms with van der Waals surface area (Å²) in [6.07, 6.45) is -0.467. The molecule has 25 heavy (non-hydrogen) atoms. The number of alkyl halides is 3. The van der Waals surface area contributed by atoms with E-state index in [1.165, 1.54) is 25.1 Å². The van der Waals surface area contributed by atoms with Crippen molar-refractivity contribution < 1.29 is 40.7 Å². The van der Waals surface area contributed by atoms with E-state index in [4.69, 9.17) is 5.53 Å². The van der Waals surface area contributed by atoms with E-state index in [0.29, 0.717) is 0 Å². The highest BCUT2D eigenvalue weighted by atomic mass is 32.2. The van der Waals surface area contributed by atoms with Crippen molar-refractivity contribution in [2.75, 3.05) is 6.61 Å². The number of carbonyl (C=O) groups excluding carboxylic acids is 2. The van der Waals surface area contributed by atoms with Crippen LogP contribution >= 0.6 is 0 Å². The number of ether oxygens (including phenoxy) is 1. The average Bonchev–Trinajstić information content (AvgIpc) is 2.51. The molecule has 1 amide bonds. The average molecular weight is 379 g/mol. The van der Waals surface area contributed by atoms with Crippen LogP contribution in [0.25, 0.3) is 5.53 Å². The van der Waals surface area contributed by atoms with Gasteiger partial charge in [0.25, 0.3) is 5.91 Å². The molecule has 0 spiro atoms. The van der Waals surface area contributed by atoms with Gasteiger partial charge in [-0.15, -0.1) is 0 Å². The third kappa shape index (κ3) is 5.13. The normalized spacial score (nSPS) is 11.4. The van der Waals surface area contributed by atoms with Crippen LogP contribution in [0.4, 0.5) is 13.2 Å². The number of halogens is 3. The summed E-state index contributed by atoms with van der Waals surface area (Å²) in [6, 6.07) is 4.97. The van der Waals surface area contributed by atoms with Gasteiger partial charge in [0.2, 0.25) is 0 Å². The van der Waals surface area contributed by atoms with Crippen LogP contribution in [-0.4, -0.2) is 42.9 Å². The van der Waals surface area contributed by atoms with Gasteiger partial charge >= 0.3 is 27.2 Å². The van der Waals surface area contributed by atoms with Gasteiger partial charge in [0.1, 0.15) is 0 Å². The molecule has 136 valence electrons. The molecular formula is C13H12F3N3O5S. The Balaban J connectivity index is 3.14. The molecule has 1 N–H and O–H groups in total. The van der Waals surface area contributed by atoms with Gasteiger partial charge in [-0.25, -0.2) is 9.52 Å². The monoisotopic (exact) mass is 379 g/mol. The minimum atomic E-state index is -5.89. The Labute approximate surface area is 140 Å². The molecule has 8 nitrogen and oxygen atoms in total. The Kier molecular flexibility index (Phi) is 6.42. The summed E-state index contributed by atoms with van der Waals surface area (Å²) < 4.78 is 64.6. The lowest BCUT2D eigenvalue weighted by atomic mass is 10.0. The van der Waals surface area contributed by atoms with Gasteiger partial charge in [0.05, 0.1) is 13.0 Å². The number of sulfonamides is 1. The zero-order valence-electron chi connectivity index (χ0n) is 12.7. The van der Waals surface area contributed by atoms with E-state index >= 15 is 0 Å². The molecule has 0 unspecified atom stereocenters. The van der Waals surface area contributed by atoms with E-state index < -0.39 is 45.1 Å². The van der Waals surface area contributed by atoms with Gasteiger partial charge in [-0.3, -0.25) is 4.79 Å². The zero-order valence-corrected chi connectivity index (χ0v) is 13.5. The fourth-order valence-electron chi connectivity index (χ4n) is 1.67. The van der Waals surface area contributed by atoms with Crippen molar-refractivity contribution in [3.05, 3.63) is 40.9 Å². The first-order valence-corrected chi connectivity index (χ1v) is 8.11. The molecule has 0 aliphatic rings. The first-order valence-electron chi connectivity index (χ1n) is 6.62. The summed E-state index contributed by atoms with van der Waals surface area (Å²) in [5, 5.41) is 0. The van der Waals surface area contributed by atoms with E-state index in [1.807, 2.05) is 0 Å². The second-order valence-corrected chi connectivity index (χ2v) is 6.16. The van der Waals surface area contributed by atoms with Gasteiger partial charge in [-0.05, 0) is 18.6 Å².